The van der Waals surface area contributed by atoms with Gasteiger partial charge in [-0.05, 0) is 92.1 Å². The molecule has 4 aromatic rings. The molecule has 1 unspecified atom stereocenters. The quantitative estimate of drug-likeness (QED) is 0.253. The molecule has 34 heavy (non-hydrogen) atoms. The largest absolute Gasteiger partial charge is 0.207 e. The Hall–Kier alpha value is -3.86. The maximum absolute atomic E-state index is 14.9. The van der Waals surface area contributed by atoms with Crippen LogP contribution in [0, 0.1) is 17.7 Å². The summed E-state index contributed by atoms with van der Waals surface area (Å²) in [5, 5.41) is 0.705. The van der Waals surface area contributed by atoms with Gasteiger partial charge in [0.15, 0.2) is 0 Å². The number of rotatable bonds is 1. The average Bonchev–Trinajstić information content (AvgIpc) is 3.16. The molecule has 0 saturated carbocycles. The SMILES string of the molecule is Fc1ccc2c(c1)C1(C3=C2C=CC#CC3)c2ccccc2-c2cccc(-c3ccc(Cl)cc3)c21. The van der Waals surface area contributed by atoms with E-state index in [1.165, 1.54) is 27.8 Å². The van der Waals surface area contributed by atoms with Gasteiger partial charge in [0.05, 0.1) is 5.41 Å². The van der Waals surface area contributed by atoms with Gasteiger partial charge in [0.2, 0.25) is 0 Å². The predicted octanol–water partition coefficient (Wildman–Crippen LogP) is 8.19. The molecule has 3 aliphatic rings. The number of fused-ring (bicyclic) bond motifs is 9. The van der Waals surface area contributed by atoms with Gasteiger partial charge in [-0.1, -0.05) is 84.1 Å². The van der Waals surface area contributed by atoms with Gasteiger partial charge < -0.3 is 0 Å². The van der Waals surface area contributed by atoms with Crippen molar-refractivity contribution in [2.45, 2.75) is 11.8 Å². The van der Waals surface area contributed by atoms with Crippen LogP contribution < -0.4 is 0 Å². The average molecular weight is 457 g/mol. The van der Waals surface area contributed by atoms with Crippen molar-refractivity contribution in [2.24, 2.45) is 0 Å². The third-order valence-corrected chi connectivity index (χ3v) is 7.62. The van der Waals surface area contributed by atoms with Gasteiger partial charge in [-0.15, -0.1) is 0 Å². The molecular formula is C32H18ClF. The Morgan fingerprint density at radius 2 is 1.56 bits per heavy atom. The molecule has 1 spiro atoms. The van der Waals surface area contributed by atoms with Crippen molar-refractivity contribution >= 4 is 17.2 Å². The second-order valence-electron chi connectivity index (χ2n) is 8.94. The van der Waals surface area contributed by atoms with E-state index >= 15 is 0 Å². The van der Waals surface area contributed by atoms with Gasteiger partial charge >= 0.3 is 0 Å². The topological polar surface area (TPSA) is 0 Å². The first-order valence-electron chi connectivity index (χ1n) is 11.4. The van der Waals surface area contributed by atoms with Gasteiger partial charge in [-0.2, -0.15) is 0 Å². The highest BCUT2D eigenvalue weighted by molar-refractivity contribution is 6.30. The van der Waals surface area contributed by atoms with Crippen molar-refractivity contribution in [3.63, 3.8) is 0 Å². The molecule has 0 aliphatic heterocycles. The molecule has 0 heterocycles. The lowest BCUT2D eigenvalue weighted by atomic mass is 9.67. The summed E-state index contributed by atoms with van der Waals surface area (Å²) in [6.07, 6.45) is 4.65. The van der Waals surface area contributed by atoms with Crippen LogP contribution in [0.15, 0.2) is 103 Å². The molecule has 0 nitrogen and oxygen atoms in total. The lowest BCUT2D eigenvalue weighted by molar-refractivity contribution is 0.620. The van der Waals surface area contributed by atoms with Crippen molar-refractivity contribution in [3.05, 3.63) is 136 Å². The number of hydrogen-bond donors (Lipinski definition) is 0. The summed E-state index contributed by atoms with van der Waals surface area (Å²) in [4.78, 5) is 0. The Kier molecular flexibility index (Phi) is 4.07. The molecule has 4 aromatic carbocycles. The van der Waals surface area contributed by atoms with E-state index in [1.54, 1.807) is 12.1 Å². The third kappa shape index (κ3) is 2.44. The summed E-state index contributed by atoms with van der Waals surface area (Å²) in [6, 6.07) is 28.3. The van der Waals surface area contributed by atoms with E-state index in [0.717, 1.165) is 27.8 Å². The normalized spacial score (nSPS) is 18.6. The highest BCUT2D eigenvalue weighted by atomic mass is 35.5. The number of halogens is 2. The van der Waals surface area contributed by atoms with Crippen molar-refractivity contribution in [3.8, 4) is 34.1 Å². The standard InChI is InChI=1S/C32H18ClF/c33-21-15-13-20(14-16-21)23-9-6-10-27-25-8-4-5-12-29(25)32(31(23)27)28-11-3-1-2-7-24(28)26-18-17-22(34)19-30(26)32/h2,4-10,12-19H,11H2. The Labute approximate surface area is 203 Å². The number of hydrogen-bond acceptors (Lipinski definition) is 0. The summed E-state index contributed by atoms with van der Waals surface area (Å²) in [7, 11) is 0. The zero-order chi connectivity index (χ0) is 22.9. The van der Waals surface area contributed by atoms with Crippen LogP contribution in [0.3, 0.4) is 0 Å². The minimum Gasteiger partial charge on any atom is -0.207 e. The summed E-state index contributed by atoms with van der Waals surface area (Å²) >= 11 is 6.23. The van der Waals surface area contributed by atoms with Crippen molar-refractivity contribution in [1.29, 1.82) is 0 Å². The van der Waals surface area contributed by atoms with Crippen LogP contribution in [0.4, 0.5) is 4.39 Å². The van der Waals surface area contributed by atoms with E-state index < -0.39 is 5.41 Å². The van der Waals surface area contributed by atoms with Crippen molar-refractivity contribution in [1.82, 2.24) is 0 Å². The highest BCUT2D eigenvalue weighted by Gasteiger charge is 2.53. The lowest BCUT2D eigenvalue weighted by Crippen LogP contribution is -2.28. The van der Waals surface area contributed by atoms with Crippen LogP contribution in [-0.2, 0) is 5.41 Å². The predicted molar refractivity (Wildman–Crippen MR) is 137 cm³/mol. The van der Waals surface area contributed by atoms with Crippen molar-refractivity contribution < 1.29 is 4.39 Å². The first-order valence-corrected chi connectivity index (χ1v) is 11.8. The Morgan fingerprint density at radius 3 is 2.44 bits per heavy atom. The van der Waals surface area contributed by atoms with Gasteiger partial charge in [0, 0.05) is 11.4 Å². The maximum Gasteiger partial charge on any atom is 0.123 e. The van der Waals surface area contributed by atoms with E-state index in [4.69, 9.17) is 11.6 Å². The summed E-state index contributed by atoms with van der Waals surface area (Å²) < 4.78 is 14.9. The molecule has 0 radical (unpaired) electrons. The molecule has 1 atom stereocenters. The Balaban J connectivity index is 1.68. The Morgan fingerprint density at radius 1 is 0.765 bits per heavy atom. The number of benzene rings is 4. The smallest absolute Gasteiger partial charge is 0.123 e. The van der Waals surface area contributed by atoms with Gasteiger partial charge in [-0.3, -0.25) is 0 Å². The van der Waals surface area contributed by atoms with E-state index in [2.05, 4.69) is 72.5 Å². The molecule has 0 amide bonds. The number of allylic oxidation sites excluding steroid dienone is 4. The monoisotopic (exact) mass is 456 g/mol. The van der Waals surface area contributed by atoms with E-state index in [1.807, 2.05) is 24.3 Å². The molecule has 3 aliphatic carbocycles. The fraction of sp³-hybridized carbons (Fsp3) is 0.0625. The molecule has 0 saturated heterocycles. The first-order chi connectivity index (χ1) is 16.7. The van der Waals surface area contributed by atoms with Gasteiger partial charge in [0.1, 0.15) is 5.82 Å². The first kappa shape index (κ1) is 19.6. The van der Waals surface area contributed by atoms with Crippen LogP contribution in [0.2, 0.25) is 5.02 Å². The van der Waals surface area contributed by atoms with Crippen molar-refractivity contribution in [2.75, 3.05) is 0 Å². The maximum atomic E-state index is 14.9. The Bertz CT molecular complexity index is 1640. The molecule has 0 bridgehead atoms. The fourth-order valence-electron chi connectivity index (χ4n) is 6.15. The summed E-state index contributed by atoms with van der Waals surface area (Å²) in [5.41, 5.74) is 10.8. The molecule has 0 fully saturated rings. The van der Waals surface area contributed by atoms with E-state index in [0.29, 0.717) is 11.4 Å². The van der Waals surface area contributed by atoms with Crippen LogP contribution >= 0.6 is 11.6 Å². The zero-order valence-electron chi connectivity index (χ0n) is 18.2. The third-order valence-electron chi connectivity index (χ3n) is 7.37. The van der Waals surface area contributed by atoms with E-state index in [9.17, 15) is 4.39 Å². The van der Waals surface area contributed by atoms with Crippen LogP contribution in [0.5, 0.6) is 0 Å². The second-order valence-corrected chi connectivity index (χ2v) is 9.38. The molecule has 2 heteroatoms. The van der Waals surface area contributed by atoms with Crippen LogP contribution in [-0.4, -0.2) is 0 Å². The molecule has 0 N–H and O–H groups in total. The second kappa shape index (κ2) is 7.07. The molecular weight excluding hydrogens is 439 g/mol. The zero-order valence-corrected chi connectivity index (χ0v) is 19.0. The minimum atomic E-state index is -0.599. The molecule has 7 rings (SSSR count). The van der Waals surface area contributed by atoms with Crippen LogP contribution in [0.25, 0.3) is 27.8 Å². The minimum absolute atomic E-state index is 0.222. The molecule has 160 valence electrons. The van der Waals surface area contributed by atoms with Gasteiger partial charge in [-0.25, -0.2) is 4.39 Å². The van der Waals surface area contributed by atoms with Gasteiger partial charge in [0.25, 0.3) is 0 Å². The summed E-state index contributed by atoms with van der Waals surface area (Å²) in [5.74, 6) is 6.28. The lowest BCUT2D eigenvalue weighted by Gasteiger charge is -2.33. The van der Waals surface area contributed by atoms with Crippen LogP contribution in [0.1, 0.15) is 28.7 Å². The molecule has 0 aromatic heterocycles. The summed E-state index contributed by atoms with van der Waals surface area (Å²) in [6.45, 7) is 0. The van der Waals surface area contributed by atoms with E-state index in [-0.39, 0.29) is 5.82 Å². The fourth-order valence-corrected chi connectivity index (χ4v) is 6.28. The highest BCUT2D eigenvalue weighted by Crippen LogP contribution is 2.64.